The zero-order chi connectivity index (χ0) is 12.7. The Hall–Kier alpha value is -1.63. The Balaban J connectivity index is 4.28. The van der Waals surface area contributed by atoms with E-state index in [1.807, 2.05) is 5.32 Å². The lowest BCUT2D eigenvalue weighted by Gasteiger charge is -2.25. The van der Waals surface area contributed by atoms with Crippen LogP contribution in [0.25, 0.3) is 0 Å². The summed E-state index contributed by atoms with van der Waals surface area (Å²) in [6, 6.07) is -1.50. The fourth-order valence-corrected chi connectivity index (χ4v) is 1.26. The van der Waals surface area contributed by atoms with E-state index in [0.717, 1.165) is 0 Å². The number of carbonyl (C=O) groups excluding carboxylic acids is 2. The smallest absolute Gasteiger partial charge is 0.318 e. The average molecular weight is 231 g/mol. The predicted molar refractivity (Wildman–Crippen MR) is 56.7 cm³/mol. The molecule has 0 aliphatic heterocycles. The molecule has 0 aliphatic rings. The molecule has 0 spiro atoms. The van der Waals surface area contributed by atoms with Gasteiger partial charge in [0.15, 0.2) is 0 Å². The number of hydrogen-bond acceptors (Lipinski definition) is 4. The molecular formula is C9H17N3O4. The van der Waals surface area contributed by atoms with E-state index < -0.39 is 23.9 Å². The maximum absolute atomic E-state index is 11.4. The number of rotatable bonds is 6. The molecule has 0 aromatic carbocycles. The number of amides is 3. The van der Waals surface area contributed by atoms with Crippen molar-refractivity contribution in [3.63, 3.8) is 0 Å². The van der Waals surface area contributed by atoms with Gasteiger partial charge in [0.2, 0.25) is 5.91 Å². The molecule has 0 rings (SSSR count). The van der Waals surface area contributed by atoms with Gasteiger partial charge in [0.05, 0.1) is 12.5 Å². The number of carbonyl (C=O) groups is 3. The van der Waals surface area contributed by atoms with Crippen molar-refractivity contribution < 1.29 is 19.5 Å². The number of primary amides is 1. The first-order valence-corrected chi connectivity index (χ1v) is 4.94. The van der Waals surface area contributed by atoms with Crippen molar-refractivity contribution in [1.82, 2.24) is 10.2 Å². The first kappa shape index (κ1) is 14.4. The van der Waals surface area contributed by atoms with Crippen molar-refractivity contribution in [3.8, 4) is 0 Å². The van der Waals surface area contributed by atoms with E-state index in [2.05, 4.69) is 0 Å². The summed E-state index contributed by atoms with van der Waals surface area (Å²) in [6.45, 7) is 4.15. The minimum atomic E-state index is -0.930. The summed E-state index contributed by atoms with van der Waals surface area (Å²) in [5, 5.41) is 10.5. The fourth-order valence-electron chi connectivity index (χ4n) is 1.26. The zero-order valence-electron chi connectivity index (χ0n) is 9.40. The molecule has 7 nitrogen and oxygen atoms in total. The molecule has 0 fully saturated rings. The topological polar surface area (TPSA) is 113 Å². The average Bonchev–Trinajstić information content (AvgIpc) is 2.16. The van der Waals surface area contributed by atoms with Gasteiger partial charge < -0.3 is 10.8 Å². The third-order valence-corrected chi connectivity index (χ3v) is 2.19. The lowest BCUT2D eigenvalue weighted by atomic mass is 10.2. The highest BCUT2D eigenvalue weighted by atomic mass is 16.4. The molecule has 3 amide bonds. The van der Waals surface area contributed by atoms with Crippen molar-refractivity contribution in [2.45, 2.75) is 26.3 Å². The van der Waals surface area contributed by atoms with Gasteiger partial charge in [-0.25, -0.2) is 4.79 Å². The van der Waals surface area contributed by atoms with Gasteiger partial charge in [0.1, 0.15) is 0 Å². The van der Waals surface area contributed by atoms with E-state index in [4.69, 9.17) is 10.8 Å². The summed E-state index contributed by atoms with van der Waals surface area (Å²) >= 11 is 0. The number of nitrogens with two attached hydrogens (primary N) is 1. The Labute approximate surface area is 93.6 Å². The van der Waals surface area contributed by atoms with Gasteiger partial charge in [-0.3, -0.25) is 19.8 Å². The highest BCUT2D eigenvalue weighted by molar-refractivity contribution is 5.96. The minimum Gasteiger partial charge on any atom is -0.481 e. The molecule has 0 aromatic rings. The van der Waals surface area contributed by atoms with Gasteiger partial charge in [-0.1, -0.05) is 6.92 Å². The number of urea groups is 1. The molecule has 4 N–H and O–H groups in total. The maximum atomic E-state index is 11.4. The quantitative estimate of drug-likeness (QED) is 0.563. The van der Waals surface area contributed by atoms with Crippen LogP contribution in [-0.4, -0.2) is 47.0 Å². The summed E-state index contributed by atoms with van der Waals surface area (Å²) in [7, 11) is 0. The van der Waals surface area contributed by atoms with Gasteiger partial charge in [0.25, 0.3) is 0 Å². The molecule has 16 heavy (non-hydrogen) atoms. The van der Waals surface area contributed by atoms with Crippen molar-refractivity contribution in [1.29, 1.82) is 0 Å². The molecule has 1 unspecified atom stereocenters. The number of nitrogens with zero attached hydrogens (tertiary/aromatic N) is 1. The lowest BCUT2D eigenvalue weighted by molar-refractivity contribution is -0.138. The Kier molecular flexibility index (Phi) is 6.09. The second-order valence-electron chi connectivity index (χ2n) is 3.30. The maximum Gasteiger partial charge on any atom is 0.318 e. The van der Waals surface area contributed by atoms with E-state index in [0.29, 0.717) is 6.54 Å². The number of nitrogens with one attached hydrogen (secondary N) is 1. The Morgan fingerprint density at radius 3 is 2.38 bits per heavy atom. The number of carboxylic acid groups (broad SMARTS) is 1. The number of likely N-dealkylation sites (N-methyl/N-ethyl adjacent to an activating group) is 1. The van der Waals surface area contributed by atoms with E-state index >= 15 is 0 Å². The Bertz CT molecular complexity index is 280. The number of carboxylic acids is 1. The van der Waals surface area contributed by atoms with Crippen molar-refractivity contribution >= 4 is 17.9 Å². The van der Waals surface area contributed by atoms with E-state index in [9.17, 15) is 14.4 Å². The first-order valence-electron chi connectivity index (χ1n) is 4.94. The van der Waals surface area contributed by atoms with Crippen molar-refractivity contribution in [3.05, 3.63) is 0 Å². The highest BCUT2D eigenvalue weighted by Crippen LogP contribution is 2.00. The summed E-state index contributed by atoms with van der Waals surface area (Å²) in [4.78, 5) is 33.9. The molecule has 0 saturated carbocycles. The molecule has 0 radical (unpaired) electrons. The molecular weight excluding hydrogens is 214 g/mol. The number of hydrogen-bond donors (Lipinski definition) is 3. The van der Waals surface area contributed by atoms with Crippen molar-refractivity contribution in [2.24, 2.45) is 5.73 Å². The molecule has 0 heterocycles. The second-order valence-corrected chi connectivity index (χ2v) is 3.30. The molecule has 1 atom stereocenters. The zero-order valence-corrected chi connectivity index (χ0v) is 9.40. The van der Waals surface area contributed by atoms with Crippen LogP contribution in [0.3, 0.4) is 0 Å². The predicted octanol–water partition coefficient (Wildman–Crippen LogP) is -0.634. The van der Waals surface area contributed by atoms with Gasteiger partial charge in [-0.05, 0) is 13.5 Å². The molecule has 92 valence electrons. The third kappa shape index (κ3) is 5.30. The summed E-state index contributed by atoms with van der Waals surface area (Å²) in [6.07, 6.45) is -0.0535. The fraction of sp³-hybridized carbons (Fsp3) is 0.667. The molecule has 0 saturated heterocycles. The van der Waals surface area contributed by atoms with Crippen LogP contribution in [0.5, 0.6) is 0 Å². The summed E-state index contributed by atoms with van der Waals surface area (Å²) < 4.78 is 0. The largest absolute Gasteiger partial charge is 0.481 e. The summed E-state index contributed by atoms with van der Waals surface area (Å²) in [5.41, 5.74) is 4.81. The molecule has 0 aromatic heterocycles. The number of aliphatic carboxylic acids is 1. The first-order chi connectivity index (χ1) is 7.38. The SMILES string of the molecule is CCN(CCC(=O)O)C(C)C(=O)NC(N)=O. The van der Waals surface area contributed by atoms with E-state index in [1.165, 1.54) is 0 Å². The van der Waals surface area contributed by atoms with Gasteiger partial charge in [0, 0.05) is 6.54 Å². The van der Waals surface area contributed by atoms with Crippen LogP contribution in [0.4, 0.5) is 4.79 Å². The second kappa shape index (κ2) is 6.78. The van der Waals surface area contributed by atoms with Crippen LogP contribution in [0.15, 0.2) is 0 Å². The van der Waals surface area contributed by atoms with Crippen LogP contribution < -0.4 is 11.1 Å². The third-order valence-electron chi connectivity index (χ3n) is 2.19. The lowest BCUT2D eigenvalue weighted by Crippen LogP contribution is -2.48. The van der Waals surface area contributed by atoms with E-state index in [-0.39, 0.29) is 13.0 Å². The van der Waals surface area contributed by atoms with Gasteiger partial charge in [-0.15, -0.1) is 0 Å². The normalized spacial score (nSPS) is 12.2. The number of imide groups is 1. The molecule has 0 aliphatic carbocycles. The van der Waals surface area contributed by atoms with Gasteiger partial charge in [-0.2, -0.15) is 0 Å². The van der Waals surface area contributed by atoms with Crippen molar-refractivity contribution in [2.75, 3.05) is 13.1 Å². The standard InChI is InChI=1S/C9H17N3O4/c1-3-12(5-4-7(13)14)6(2)8(15)11-9(10)16/h6H,3-5H2,1-2H3,(H,13,14)(H3,10,11,15,16). The highest BCUT2D eigenvalue weighted by Gasteiger charge is 2.21. The Morgan fingerprint density at radius 2 is 2.00 bits per heavy atom. The molecule has 0 bridgehead atoms. The minimum absolute atomic E-state index is 0.0535. The van der Waals surface area contributed by atoms with Crippen LogP contribution in [0, 0.1) is 0 Å². The molecule has 7 heteroatoms. The van der Waals surface area contributed by atoms with Crippen LogP contribution in [-0.2, 0) is 9.59 Å². The van der Waals surface area contributed by atoms with Crippen LogP contribution in [0.2, 0.25) is 0 Å². The Morgan fingerprint density at radius 1 is 1.44 bits per heavy atom. The summed E-state index contributed by atoms with van der Waals surface area (Å²) in [5.74, 6) is -1.46. The van der Waals surface area contributed by atoms with Crippen LogP contribution in [0.1, 0.15) is 20.3 Å². The van der Waals surface area contributed by atoms with Crippen LogP contribution >= 0.6 is 0 Å². The van der Waals surface area contributed by atoms with Gasteiger partial charge >= 0.3 is 12.0 Å². The monoisotopic (exact) mass is 231 g/mol. The van der Waals surface area contributed by atoms with E-state index in [1.54, 1.807) is 18.7 Å².